The fourth-order valence-corrected chi connectivity index (χ4v) is 2.98. The van der Waals surface area contributed by atoms with Gasteiger partial charge in [-0.05, 0) is 19.1 Å². The first-order valence-corrected chi connectivity index (χ1v) is 10.8. The fraction of sp³-hybridized carbons (Fsp3) is 0.261. The van der Waals surface area contributed by atoms with Crippen molar-refractivity contribution in [2.45, 2.75) is 31.6 Å². The second-order valence-corrected chi connectivity index (χ2v) is 7.90. The normalized spacial score (nSPS) is 12.6. The topological polar surface area (TPSA) is 151 Å². The van der Waals surface area contributed by atoms with Crippen LogP contribution in [0.5, 0.6) is 5.75 Å². The number of carboxylic acids is 1. The van der Waals surface area contributed by atoms with Gasteiger partial charge in [-0.25, -0.2) is 8.78 Å². The fourth-order valence-electron chi connectivity index (χ4n) is 2.98. The number of aliphatic carboxylic acids is 1. The average Bonchev–Trinajstić information content (AvgIpc) is 2.86. The molecule has 2 aromatic carbocycles. The molecule has 17 heteroatoms. The molecule has 0 aliphatic heterocycles. The maximum absolute atomic E-state index is 13.7. The van der Waals surface area contributed by atoms with Crippen molar-refractivity contribution in [3.63, 3.8) is 0 Å². The smallest absolute Gasteiger partial charge is 0.418 e. The van der Waals surface area contributed by atoms with E-state index in [1.165, 1.54) is 0 Å². The summed E-state index contributed by atoms with van der Waals surface area (Å²) in [5.74, 6) is -16.8. The number of carbonyl (C=O) groups excluding carboxylic acids is 4. The standard InChI is InChI=1S/C23H18F7N3O7/c1-9(31-21(38)22(39)32-13-5-3-2-4-10(13)23(28,29)30)20(37)33-14(7-16(35)36)15(34)8-40-19-17(26)11(24)6-12(25)18(19)27/h2-6,9,14H,7-8H2,1H3,(H,31,38)(H,32,39)(H,33,37)(H,35,36). The molecule has 4 N–H and O–H groups in total. The quantitative estimate of drug-likeness (QED) is 0.191. The van der Waals surface area contributed by atoms with Gasteiger partial charge in [-0.3, -0.25) is 24.0 Å². The molecule has 0 radical (unpaired) electrons. The second kappa shape index (κ2) is 12.9. The van der Waals surface area contributed by atoms with E-state index in [2.05, 4.69) is 4.74 Å². The molecule has 40 heavy (non-hydrogen) atoms. The maximum atomic E-state index is 13.7. The van der Waals surface area contributed by atoms with E-state index >= 15 is 0 Å². The van der Waals surface area contributed by atoms with Crippen molar-refractivity contribution in [1.82, 2.24) is 10.6 Å². The van der Waals surface area contributed by atoms with Crippen LogP contribution in [0.4, 0.5) is 36.4 Å². The number of para-hydroxylation sites is 1. The number of Topliss-reactive ketones (excluding diaryl/α,β-unsaturated/α-hetero) is 1. The van der Waals surface area contributed by atoms with Crippen LogP contribution in [-0.2, 0) is 30.1 Å². The number of nitrogens with one attached hydrogen (secondary N) is 3. The lowest BCUT2D eigenvalue weighted by molar-refractivity contribution is -0.141. The molecule has 0 heterocycles. The molecule has 0 aliphatic carbocycles. The number of ether oxygens (including phenoxy) is 1. The van der Waals surface area contributed by atoms with Crippen LogP contribution in [0.15, 0.2) is 30.3 Å². The minimum atomic E-state index is -4.87. The van der Waals surface area contributed by atoms with Gasteiger partial charge >= 0.3 is 24.0 Å². The highest BCUT2D eigenvalue weighted by molar-refractivity contribution is 6.40. The van der Waals surface area contributed by atoms with Crippen molar-refractivity contribution < 1.29 is 64.5 Å². The Balaban J connectivity index is 2.06. The third kappa shape index (κ3) is 8.15. The highest BCUT2D eigenvalue weighted by atomic mass is 19.4. The summed E-state index contributed by atoms with van der Waals surface area (Å²) in [4.78, 5) is 60.0. The average molecular weight is 581 g/mol. The van der Waals surface area contributed by atoms with E-state index in [0.717, 1.165) is 25.1 Å². The molecular formula is C23H18F7N3O7. The van der Waals surface area contributed by atoms with E-state index in [1.807, 2.05) is 10.6 Å². The molecule has 216 valence electrons. The molecule has 0 aromatic heterocycles. The molecule has 0 aliphatic rings. The lowest BCUT2D eigenvalue weighted by atomic mass is 10.1. The number of carbonyl (C=O) groups is 5. The number of rotatable bonds is 10. The minimum absolute atomic E-state index is 0.127. The Kier molecular flexibility index (Phi) is 10.2. The van der Waals surface area contributed by atoms with Gasteiger partial charge in [-0.15, -0.1) is 0 Å². The number of hydrogen-bond donors (Lipinski definition) is 4. The molecule has 0 fully saturated rings. The summed E-state index contributed by atoms with van der Waals surface area (Å²) in [6, 6.07) is -0.0679. The first kappa shape index (κ1) is 31.5. The highest BCUT2D eigenvalue weighted by Crippen LogP contribution is 2.34. The van der Waals surface area contributed by atoms with E-state index in [9.17, 15) is 54.7 Å². The Bertz CT molecular complexity index is 1310. The van der Waals surface area contributed by atoms with Gasteiger partial charge in [0.05, 0.1) is 17.7 Å². The summed E-state index contributed by atoms with van der Waals surface area (Å²) in [5.41, 5.74) is -2.02. The first-order chi connectivity index (χ1) is 18.5. The highest BCUT2D eigenvalue weighted by Gasteiger charge is 2.34. The van der Waals surface area contributed by atoms with Crippen molar-refractivity contribution >= 4 is 35.2 Å². The second-order valence-electron chi connectivity index (χ2n) is 7.90. The van der Waals surface area contributed by atoms with Crippen molar-refractivity contribution in [3.05, 3.63) is 59.2 Å². The summed E-state index contributed by atoms with van der Waals surface area (Å²) in [7, 11) is 0. The third-order valence-electron chi connectivity index (χ3n) is 4.94. The molecule has 2 unspecified atom stereocenters. The van der Waals surface area contributed by atoms with Crippen LogP contribution in [0.2, 0.25) is 0 Å². The molecule has 0 saturated carbocycles. The largest absolute Gasteiger partial charge is 0.481 e. The van der Waals surface area contributed by atoms with Crippen LogP contribution in [0.3, 0.4) is 0 Å². The van der Waals surface area contributed by atoms with Crippen molar-refractivity contribution in [3.8, 4) is 5.75 Å². The van der Waals surface area contributed by atoms with E-state index in [-0.39, 0.29) is 6.07 Å². The maximum Gasteiger partial charge on any atom is 0.418 e. The van der Waals surface area contributed by atoms with Gasteiger partial charge in [-0.1, -0.05) is 12.1 Å². The zero-order valence-corrected chi connectivity index (χ0v) is 20.0. The number of benzene rings is 2. The number of halogens is 7. The zero-order valence-electron chi connectivity index (χ0n) is 20.0. The Labute approximate surface area is 219 Å². The van der Waals surface area contributed by atoms with Crippen LogP contribution < -0.4 is 20.7 Å². The number of carboxylic acid groups (broad SMARTS) is 1. The SMILES string of the molecule is CC(NC(=O)C(=O)Nc1ccccc1C(F)(F)F)C(=O)NC(CC(=O)O)C(=O)COc1c(F)c(F)cc(F)c1F. The van der Waals surface area contributed by atoms with E-state index in [1.54, 1.807) is 5.32 Å². The number of hydrogen-bond acceptors (Lipinski definition) is 6. The Morgan fingerprint density at radius 3 is 2.05 bits per heavy atom. The van der Waals surface area contributed by atoms with Crippen molar-refractivity contribution in [1.29, 1.82) is 0 Å². The molecule has 2 aromatic rings. The first-order valence-electron chi connectivity index (χ1n) is 10.8. The van der Waals surface area contributed by atoms with Crippen LogP contribution in [0.1, 0.15) is 18.9 Å². The zero-order chi connectivity index (χ0) is 30.4. The Morgan fingerprint density at radius 1 is 0.925 bits per heavy atom. The molecule has 10 nitrogen and oxygen atoms in total. The van der Waals surface area contributed by atoms with Crippen LogP contribution >= 0.6 is 0 Å². The number of amides is 3. The van der Waals surface area contributed by atoms with Gasteiger partial charge in [0.25, 0.3) is 0 Å². The van der Waals surface area contributed by atoms with Crippen molar-refractivity contribution in [2.75, 3.05) is 11.9 Å². The van der Waals surface area contributed by atoms with E-state index in [4.69, 9.17) is 5.11 Å². The predicted molar refractivity (Wildman–Crippen MR) is 119 cm³/mol. The summed E-state index contributed by atoms with van der Waals surface area (Å²) in [5, 5.41) is 14.4. The summed E-state index contributed by atoms with van der Waals surface area (Å²) < 4.78 is 97.7. The molecule has 2 atom stereocenters. The van der Waals surface area contributed by atoms with Gasteiger partial charge in [0.15, 0.2) is 23.2 Å². The molecule has 3 amide bonds. The molecule has 2 rings (SSSR count). The minimum Gasteiger partial charge on any atom is -0.481 e. The van der Waals surface area contributed by atoms with Gasteiger partial charge < -0.3 is 25.8 Å². The van der Waals surface area contributed by atoms with Crippen LogP contribution in [0, 0.1) is 23.3 Å². The number of ketones is 1. The van der Waals surface area contributed by atoms with Gasteiger partial charge in [0.2, 0.25) is 17.5 Å². The van der Waals surface area contributed by atoms with E-state index < -0.39 is 101 Å². The molecular weight excluding hydrogens is 563 g/mol. The monoisotopic (exact) mass is 581 g/mol. The number of anilines is 1. The molecule has 0 bridgehead atoms. The lowest BCUT2D eigenvalue weighted by Crippen LogP contribution is -2.53. The van der Waals surface area contributed by atoms with Gasteiger partial charge in [-0.2, -0.15) is 22.0 Å². The third-order valence-corrected chi connectivity index (χ3v) is 4.94. The number of alkyl halides is 3. The Morgan fingerprint density at radius 2 is 1.50 bits per heavy atom. The Hall–Kier alpha value is -4.70. The summed E-state index contributed by atoms with van der Waals surface area (Å²) >= 11 is 0. The summed E-state index contributed by atoms with van der Waals surface area (Å²) in [6.07, 6.45) is -5.99. The van der Waals surface area contributed by atoms with Crippen molar-refractivity contribution in [2.24, 2.45) is 0 Å². The predicted octanol–water partition coefficient (Wildman–Crippen LogP) is 2.31. The lowest BCUT2D eigenvalue weighted by Gasteiger charge is -2.20. The summed E-state index contributed by atoms with van der Waals surface area (Å²) in [6.45, 7) is -0.403. The molecule has 0 saturated heterocycles. The van der Waals surface area contributed by atoms with Crippen LogP contribution in [0.25, 0.3) is 0 Å². The van der Waals surface area contributed by atoms with Crippen LogP contribution in [-0.4, -0.2) is 53.3 Å². The van der Waals surface area contributed by atoms with Gasteiger partial charge in [0.1, 0.15) is 18.7 Å². The molecule has 0 spiro atoms. The van der Waals surface area contributed by atoms with E-state index in [0.29, 0.717) is 6.07 Å². The van der Waals surface area contributed by atoms with Gasteiger partial charge in [0, 0.05) is 6.07 Å².